The van der Waals surface area contributed by atoms with Crippen molar-refractivity contribution in [1.82, 2.24) is 23.9 Å². The van der Waals surface area contributed by atoms with Gasteiger partial charge in [0.05, 0.1) is 18.1 Å². The zero-order valence-electron chi connectivity index (χ0n) is 11.4. The molecule has 2 aromatic heterocycles. The Morgan fingerprint density at radius 3 is 2.42 bits per heavy atom. The molecule has 0 atom stereocenters. The number of hydrogen-bond donors (Lipinski definition) is 0. The van der Waals surface area contributed by atoms with Crippen molar-refractivity contribution in [3.63, 3.8) is 0 Å². The summed E-state index contributed by atoms with van der Waals surface area (Å²) in [6.45, 7) is 2.02. The van der Waals surface area contributed by atoms with E-state index in [0.717, 1.165) is 5.56 Å². The minimum absolute atomic E-state index is 0.237. The third kappa shape index (κ3) is 2.54. The fourth-order valence-electron chi connectivity index (χ4n) is 1.80. The number of sulfonamides is 1. The van der Waals surface area contributed by atoms with Crippen LogP contribution in [0.1, 0.15) is 11.3 Å². The summed E-state index contributed by atoms with van der Waals surface area (Å²) in [5.74, 6) is 0. The van der Waals surface area contributed by atoms with Gasteiger partial charge in [0.2, 0.25) is 10.0 Å². The normalized spacial score (nSPS) is 12.3. The first-order valence-corrected chi connectivity index (χ1v) is 7.19. The zero-order chi connectivity index (χ0) is 14.2. The van der Waals surface area contributed by atoms with Gasteiger partial charge in [-0.3, -0.25) is 9.36 Å². The lowest BCUT2D eigenvalue weighted by atomic mass is 10.4. The van der Waals surface area contributed by atoms with Crippen LogP contribution in [0.2, 0.25) is 0 Å². The smallest absolute Gasteiger partial charge is 0.246 e. The number of hydrogen-bond acceptors (Lipinski definition) is 4. The molecule has 2 heterocycles. The molecule has 7 nitrogen and oxygen atoms in total. The molecule has 0 aromatic carbocycles. The van der Waals surface area contributed by atoms with Crippen molar-refractivity contribution < 1.29 is 8.42 Å². The van der Waals surface area contributed by atoms with E-state index >= 15 is 0 Å². The molecule has 0 saturated heterocycles. The fourth-order valence-corrected chi connectivity index (χ4v) is 3.14. The second-order valence-corrected chi connectivity index (χ2v) is 6.51. The molecule has 0 radical (unpaired) electrons. The second kappa shape index (κ2) is 4.78. The lowest BCUT2D eigenvalue weighted by Gasteiger charge is -2.15. The first-order valence-electron chi connectivity index (χ1n) is 5.75. The summed E-state index contributed by atoms with van der Waals surface area (Å²) in [6, 6.07) is 0. The van der Waals surface area contributed by atoms with Crippen molar-refractivity contribution in [1.29, 1.82) is 0 Å². The van der Waals surface area contributed by atoms with Crippen LogP contribution < -0.4 is 0 Å². The summed E-state index contributed by atoms with van der Waals surface area (Å²) in [6.07, 6.45) is 4.83. The van der Waals surface area contributed by atoms with E-state index in [-0.39, 0.29) is 11.4 Å². The third-order valence-electron chi connectivity index (χ3n) is 3.04. The predicted molar refractivity (Wildman–Crippen MR) is 69.8 cm³/mol. The Morgan fingerprint density at radius 1 is 1.26 bits per heavy atom. The van der Waals surface area contributed by atoms with Crippen molar-refractivity contribution in [2.24, 2.45) is 14.1 Å². The summed E-state index contributed by atoms with van der Waals surface area (Å²) in [7, 11) is 1.54. The van der Waals surface area contributed by atoms with Gasteiger partial charge < -0.3 is 0 Å². The molecule has 0 aliphatic heterocycles. The van der Waals surface area contributed by atoms with Gasteiger partial charge in [0.1, 0.15) is 4.90 Å². The molecule has 8 heteroatoms. The van der Waals surface area contributed by atoms with E-state index in [1.807, 2.05) is 0 Å². The minimum atomic E-state index is -3.52. The summed E-state index contributed by atoms with van der Waals surface area (Å²) in [4.78, 5) is 0.237. The van der Waals surface area contributed by atoms with Crippen LogP contribution in [0.5, 0.6) is 0 Å². The van der Waals surface area contributed by atoms with Crippen molar-refractivity contribution in [2.75, 3.05) is 7.05 Å². The number of aryl methyl sites for hydroxylation is 2. The summed E-state index contributed by atoms with van der Waals surface area (Å²) < 4.78 is 29.3. The van der Waals surface area contributed by atoms with E-state index in [1.165, 1.54) is 10.5 Å². The topological polar surface area (TPSA) is 73.0 Å². The SMILES string of the molecule is Cc1c(S(=O)(=O)N(C)Cc2cnn(C)c2)cnn1C. The van der Waals surface area contributed by atoms with Crippen LogP contribution >= 0.6 is 0 Å². The lowest BCUT2D eigenvalue weighted by molar-refractivity contribution is 0.466. The van der Waals surface area contributed by atoms with E-state index in [2.05, 4.69) is 10.2 Å². The Labute approximate surface area is 112 Å². The van der Waals surface area contributed by atoms with E-state index in [4.69, 9.17) is 0 Å². The molecule has 0 spiro atoms. The Balaban J connectivity index is 2.27. The van der Waals surface area contributed by atoms with Crippen LogP contribution in [0.15, 0.2) is 23.5 Å². The van der Waals surface area contributed by atoms with Gasteiger partial charge in [-0.15, -0.1) is 0 Å². The van der Waals surface area contributed by atoms with Gasteiger partial charge in [-0.05, 0) is 6.92 Å². The van der Waals surface area contributed by atoms with Crippen LogP contribution in [0.25, 0.3) is 0 Å². The minimum Gasteiger partial charge on any atom is -0.275 e. The van der Waals surface area contributed by atoms with Crippen molar-refractivity contribution >= 4 is 10.0 Å². The van der Waals surface area contributed by atoms with Gasteiger partial charge in [-0.25, -0.2) is 8.42 Å². The Bertz CT molecular complexity index is 686. The monoisotopic (exact) mass is 283 g/mol. The van der Waals surface area contributed by atoms with Gasteiger partial charge in [0.25, 0.3) is 0 Å². The highest BCUT2D eigenvalue weighted by Gasteiger charge is 2.25. The molecule has 0 amide bonds. The molecule has 2 rings (SSSR count). The quantitative estimate of drug-likeness (QED) is 0.808. The van der Waals surface area contributed by atoms with E-state index in [0.29, 0.717) is 5.69 Å². The number of aromatic nitrogens is 4. The summed E-state index contributed by atoms with van der Waals surface area (Å²) in [5, 5.41) is 8.00. The third-order valence-corrected chi connectivity index (χ3v) is 4.95. The van der Waals surface area contributed by atoms with Crippen LogP contribution in [0.4, 0.5) is 0 Å². The van der Waals surface area contributed by atoms with E-state index in [9.17, 15) is 8.42 Å². The molecular formula is C11H17N5O2S. The molecule has 0 N–H and O–H groups in total. The van der Waals surface area contributed by atoms with Gasteiger partial charge >= 0.3 is 0 Å². The number of nitrogens with zero attached hydrogens (tertiary/aromatic N) is 5. The van der Waals surface area contributed by atoms with Crippen LogP contribution in [-0.4, -0.2) is 39.3 Å². The average molecular weight is 283 g/mol. The molecule has 0 aliphatic rings. The molecule has 2 aromatic rings. The molecule has 19 heavy (non-hydrogen) atoms. The molecule has 104 valence electrons. The molecule has 0 saturated carbocycles. The predicted octanol–water partition coefficient (Wildman–Crippen LogP) is 0.283. The highest BCUT2D eigenvalue weighted by molar-refractivity contribution is 7.89. The average Bonchev–Trinajstić information content (AvgIpc) is 2.87. The van der Waals surface area contributed by atoms with Crippen LogP contribution in [-0.2, 0) is 30.7 Å². The molecular weight excluding hydrogens is 266 g/mol. The molecule has 0 fully saturated rings. The van der Waals surface area contributed by atoms with Crippen molar-refractivity contribution in [2.45, 2.75) is 18.4 Å². The summed E-state index contributed by atoms with van der Waals surface area (Å²) >= 11 is 0. The first-order chi connectivity index (χ1) is 8.82. The first kappa shape index (κ1) is 13.8. The Hall–Kier alpha value is -1.67. The van der Waals surface area contributed by atoms with E-state index < -0.39 is 10.0 Å². The standard InChI is InChI=1S/C11H17N5O2S/c1-9-11(6-13-16(9)4)19(17,18)15(3)8-10-5-12-14(2)7-10/h5-7H,8H2,1-4H3. The molecule has 0 aliphatic carbocycles. The highest BCUT2D eigenvalue weighted by atomic mass is 32.2. The Kier molecular flexibility index (Phi) is 3.46. The fraction of sp³-hybridized carbons (Fsp3) is 0.455. The largest absolute Gasteiger partial charge is 0.275 e. The van der Waals surface area contributed by atoms with Crippen LogP contribution in [0.3, 0.4) is 0 Å². The second-order valence-electron chi connectivity index (χ2n) is 4.50. The maximum absolute atomic E-state index is 12.4. The van der Waals surface area contributed by atoms with Crippen molar-refractivity contribution in [3.05, 3.63) is 29.8 Å². The van der Waals surface area contributed by atoms with Crippen LogP contribution in [0, 0.1) is 6.92 Å². The zero-order valence-corrected chi connectivity index (χ0v) is 12.2. The molecule has 0 unspecified atom stereocenters. The molecule has 0 bridgehead atoms. The van der Waals surface area contributed by atoms with Gasteiger partial charge in [-0.2, -0.15) is 14.5 Å². The maximum Gasteiger partial charge on any atom is 0.246 e. The highest BCUT2D eigenvalue weighted by Crippen LogP contribution is 2.19. The Morgan fingerprint density at radius 2 is 1.95 bits per heavy atom. The van der Waals surface area contributed by atoms with Gasteiger partial charge in [-0.1, -0.05) is 0 Å². The maximum atomic E-state index is 12.4. The van der Waals surface area contributed by atoms with Gasteiger partial charge in [0.15, 0.2) is 0 Å². The summed E-state index contributed by atoms with van der Waals surface area (Å²) in [5.41, 5.74) is 1.47. The van der Waals surface area contributed by atoms with Crippen molar-refractivity contribution in [3.8, 4) is 0 Å². The number of rotatable bonds is 4. The van der Waals surface area contributed by atoms with E-state index in [1.54, 1.807) is 49.8 Å². The lowest BCUT2D eigenvalue weighted by Crippen LogP contribution is -2.26. The van der Waals surface area contributed by atoms with Gasteiger partial charge in [0, 0.05) is 39.4 Å².